The molecule has 0 aliphatic carbocycles. The zero-order chi connectivity index (χ0) is 16.2. The molecule has 2 aliphatic heterocycles. The predicted octanol–water partition coefficient (Wildman–Crippen LogP) is 0.0109. The van der Waals surface area contributed by atoms with E-state index < -0.39 is 15.9 Å². The highest BCUT2D eigenvalue weighted by Crippen LogP contribution is 2.12. The van der Waals surface area contributed by atoms with Crippen LogP contribution in [0.25, 0.3) is 0 Å². The number of rotatable bonds is 6. The highest BCUT2D eigenvalue weighted by atomic mass is 32.1. The van der Waals surface area contributed by atoms with Crippen LogP contribution >= 0.6 is 0 Å². The first-order valence-corrected chi connectivity index (χ1v) is 8.55. The Bertz CT molecular complexity index is 807. The van der Waals surface area contributed by atoms with Crippen LogP contribution < -0.4 is 5.32 Å². The monoisotopic (exact) mass is 335 g/mol. The van der Waals surface area contributed by atoms with Gasteiger partial charge in [-0.1, -0.05) is 24.9 Å². The molecule has 2 aliphatic rings. The van der Waals surface area contributed by atoms with Crippen molar-refractivity contribution in [2.75, 3.05) is 11.9 Å². The van der Waals surface area contributed by atoms with Gasteiger partial charge in [-0.3, -0.25) is 10.1 Å². The minimum absolute atomic E-state index is 0.0497. The molecule has 0 spiro atoms. The van der Waals surface area contributed by atoms with Gasteiger partial charge in [0.1, 0.15) is 4.86 Å². The van der Waals surface area contributed by atoms with Gasteiger partial charge >= 0.3 is 0 Å². The molecule has 0 saturated carbocycles. The molecule has 9 nitrogen and oxygen atoms in total. The highest BCUT2D eigenvalue weighted by Gasteiger charge is 2.27. The number of carbonyl (C=O) groups excluding carboxylic acids is 1. The first kappa shape index (κ1) is 15.4. The van der Waals surface area contributed by atoms with Gasteiger partial charge in [-0.2, -0.15) is 5.21 Å². The lowest BCUT2D eigenvalue weighted by Crippen LogP contribution is -2.32. The molecule has 2 N–H and O–H groups in total. The van der Waals surface area contributed by atoms with Crippen LogP contribution in [0.2, 0.25) is 0 Å². The number of aliphatic imine (C=N–C) groups is 1. The molecule has 0 saturated heterocycles. The summed E-state index contributed by atoms with van der Waals surface area (Å²) in [4.78, 5) is 18.6. The third kappa shape index (κ3) is 3.31. The number of tetrazole rings is 1. The van der Waals surface area contributed by atoms with Gasteiger partial charge in [0, 0.05) is 11.9 Å². The Hall–Kier alpha value is -2.49. The van der Waals surface area contributed by atoms with E-state index in [0.29, 0.717) is 5.11 Å². The summed E-state index contributed by atoms with van der Waals surface area (Å²) in [6.07, 6.45) is 7.92. The molecule has 0 atom stereocenters. The first-order valence-electron chi connectivity index (χ1n) is 7.40. The number of carbonyl (C=O) groups is 1. The van der Waals surface area contributed by atoms with E-state index in [4.69, 9.17) is 0 Å². The zero-order valence-corrected chi connectivity index (χ0v) is 13.5. The Kier molecular flexibility index (Phi) is 4.51. The van der Waals surface area contributed by atoms with Crippen molar-refractivity contribution in [3.63, 3.8) is 0 Å². The van der Waals surface area contributed by atoms with Crippen LogP contribution in [-0.4, -0.2) is 57.9 Å². The molecule has 0 fully saturated rings. The number of nitrogens with one attached hydrogen (secondary N) is 2. The van der Waals surface area contributed by atoms with Crippen LogP contribution in [0.3, 0.4) is 0 Å². The van der Waals surface area contributed by atoms with Gasteiger partial charge in [0.25, 0.3) is 11.9 Å². The maximum atomic E-state index is 12.5. The molecule has 0 unspecified atom stereocenters. The standard InChI is InChI=1S/C13H17N7O2S/c1-2-3-4-5-9-6-7-20-8-10(23(22)13(20)14-9)11(21)15-12-16-18-19-17-12/h6-7H,2-5,8H2,1H3,(H2,15,16,17,18,19,21). The van der Waals surface area contributed by atoms with Crippen LogP contribution in [0.1, 0.15) is 32.6 Å². The van der Waals surface area contributed by atoms with Crippen LogP contribution in [0.15, 0.2) is 17.3 Å². The van der Waals surface area contributed by atoms with Gasteiger partial charge in [0.2, 0.25) is 5.11 Å². The third-order valence-corrected chi connectivity index (χ3v) is 4.92. The van der Waals surface area contributed by atoms with Crippen molar-refractivity contribution in [3.8, 4) is 0 Å². The van der Waals surface area contributed by atoms with E-state index in [1.807, 2.05) is 12.3 Å². The number of nitrogens with zero attached hydrogens (tertiary/aromatic N) is 5. The first-order chi connectivity index (χ1) is 11.2. The number of amides is 1. The number of fused-ring (bicyclic) bond motifs is 1. The van der Waals surface area contributed by atoms with Crippen LogP contribution in [0.4, 0.5) is 5.95 Å². The number of H-pyrrole nitrogens is 1. The molecule has 122 valence electrons. The lowest BCUT2D eigenvalue weighted by atomic mass is 10.1. The second kappa shape index (κ2) is 6.73. The number of hydrogen-bond donors (Lipinski definition) is 2. The summed E-state index contributed by atoms with van der Waals surface area (Å²) in [5.41, 5.74) is 0.901. The lowest BCUT2D eigenvalue weighted by Gasteiger charge is -2.18. The lowest BCUT2D eigenvalue weighted by molar-refractivity contribution is -0.110. The maximum absolute atomic E-state index is 12.5. The minimum atomic E-state index is -1.57. The average molecular weight is 335 g/mol. The number of aromatic nitrogens is 4. The Morgan fingerprint density at radius 1 is 1.48 bits per heavy atom. The second-order valence-electron chi connectivity index (χ2n) is 5.17. The molecule has 0 aromatic carbocycles. The third-order valence-electron chi connectivity index (χ3n) is 3.50. The molecule has 0 bridgehead atoms. The Morgan fingerprint density at radius 3 is 3.09 bits per heavy atom. The van der Waals surface area contributed by atoms with Crippen molar-refractivity contribution >= 4 is 37.5 Å². The van der Waals surface area contributed by atoms with E-state index in [1.54, 1.807) is 4.90 Å². The number of anilines is 1. The summed E-state index contributed by atoms with van der Waals surface area (Å²) >= 11 is 0. The summed E-state index contributed by atoms with van der Waals surface area (Å²) in [5, 5.41) is 15.8. The van der Waals surface area contributed by atoms with Gasteiger partial charge < -0.3 is 4.90 Å². The van der Waals surface area contributed by atoms with Crippen molar-refractivity contribution in [2.24, 2.45) is 4.99 Å². The Balaban J connectivity index is 1.79. The molecule has 1 amide bonds. The quantitative estimate of drug-likeness (QED) is 0.559. The van der Waals surface area contributed by atoms with Gasteiger partial charge in [0.15, 0.2) is 0 Å². The largest absolute Gasteiger partial charge is 0.317 e. The Labute approximate surface area is 134 Å². The maximum Gasteiger partial charge on any atom is 0.270 e. The smallest absolute Gasteiger partial charge is 0.270 e. The highest BCUT2D eigenvalue weighted by molar-refractivity contribution is 7.87. The summed E-state index contributed by atoms with van der Waals surface area (Å²) < 4.78 is 12.5. The Morgan fingerprint density at radius 2 is 2.35 bits per heavy atom. The average Bonchev–Trinajstić information content (AvgIpc) is 3.16. The molecule has 0 radical (unpaired) electrons. The molecule has 3 rings (SSSR count). The topological polar surface area (TPSA) is 116 Å². The molecular formula is C13H17N7O2S. The van der Waals surface area contributed by atoms with Crippen molar-refractivity contribution in [3.05, 3.63) is 12.3 Å². The van der Waals surface area contributed by atoms with Gasteiger partial charge in [-0.25, -0.2) is 9.20 Å². The van der Waals surface area contributed by atoms with E-state index in [1.165, 1.54) is 0 Å². The van der Waals surface area contributed by atoms with Crippen LogP contribution in [0.5, 0.6) is 0 Å². The van der Waals surface area contributed by atoms with E-state index in [0.717, 1.165) is 31.4 Å². The summed E-state index contributed by atoms with van der Waals surface area (Å²) in [5.74, 6) is -0.434. The van der Waals surface area contributed by atoms with E-state index in [2.05, 4.69) is 37.9 Å². The molecule has 1 aromatic heterocycles. The fourth-order valence-corrected chi connectivity index (χ4v) is 3.53. The number of aromatic amines is 1. The van der Waals surface area contributed by atoms with Gasteiger partial charge in [-0.15, -0.1) is 5.10 Å². The fraction of sp³-hybridized carbons (Fsp3) is 0.462. The predicted molar refractivity (Wildman–Crippen MR) is 88.4 cm³/mol. The minimum Gasteiger partial charge on any atom is -0.317 e. The van der Waals surface area contributed by atoms with Crippen molar-refractivity contribution in [2.45, 2.75) is 32.6 Å². The summed E-state index contributed by atoms with van der Waals surface area (Å²) in [6.45, 7) is 2.39. The molecule has 10 heteroatoms. The summed E-state index contributed by atoms with van der Waals surface area (Å²) in [6, 6.07) is 0. The normalized spacial score (nSPS) is 16.7. The van der Waals surface area contributed by atoms with Crippen molar-refractivity contribution in [1.82, 2.24) is 25.5 Å². The number of unbranched alkanes of at least 4 members (excludes halogenated alkanes) is 2. The van der Waals surface area contributed by atoms with Crippen LogP contribution in [0, 0.1) is 0 Å². The van der Waals surface area contributed by atoms with E-state index in [9.17, 15) is 9.00 Å². The van der Waals surface area contributed by atoms with Gasteiger partial charge in [-0.05, 0) is 24.1 Å². The van der Waals surface area contributed by atoms with Gasteiger partial charge in [0.05, 0.1) is 16.5 Å². The second-order valence-corrected chi connectivity index (χ2v) is 6.56. The van der Waals surface area contributed by atoms with Crippen molar-refractivity contribution < 1.29 is 9.00 Å². The molecule has 23 heavy (non-hydrogen) atoms. The molecule has 1 aromatic rings. The zero-order valence-electron chi connectivity index (χ0n) is 12.7. The summed E-state index contributed by atoms with van der Waals surface area (Å²) in [7, 11) is -1.57. The van der Waals surface area contributed by atoms with Crippen molar-refractivity contribution in [1.29, 1.82) is 0 Å². The number of allylic oxidation sites excluding steroid dienone is 1. The van der Waals surface area contributed by atoms with E-state index >= 15 is 0 Å². The SMILES string of the molecule is CCCCCC1=NC2=S(=O)=C(C(=O)Nc3nn[nH]n3)CN2C=C1. The van der Waals surface area contributed by atoms with Crippen LogP contribution in [-0.2, 0) is 14.8 Å². The number of hydrogen-bond acceptors (Lipinski definition) is 7. The molecular weight excluding hydrogens is 318 g/mol. The molecule has 3 heterocycles. The van der Waals surface area contributed by atoms with E-state index in [-0.39, 0.29) is 17.4 Å². The fourth-order valence-electron chi connectivity index (χ4n) is 2.29.